The van der Waals surface area contributed by atoms with E-state index in [1.165, 1.54) is 24.3 Å². The van der Waals surface area contributed by atoms with Gasteiger partial charge in [-0.3, -0.25) is 15.6 Å². The number of carbonyl (C=O) groups excluding carboxylic acids is 1. The zero-order valence-electron chi connectivity index (χ0n) is 12.2. The van der Waals surface area contributed by atoms with E-state index in [0.29, 0.717) is 0 Å². The molecule has 0 fully saturated rings. The van der Waals surface area contributed by atoms with Crippen molar-refractivity contribution in [2.75, 3.05) is 7.05 Å². The summed E-state index contributed by atoms with van der Waals surface area (Å²) in [5.74, 6) is -0.733. The standard InChI is InChI=1S/C14H15N3O4S2/c1-15-14(22)17-16-13(18)12-8-7-10(21-12)9-23(19,20)11-5-3-2-4-6-11/h2-8H,9H2,1H3,(H,16,18)(H2,15,17,22). The Morgan fingerprint density at radius 1 is 1.13 bits per heavy atom. The average molecular weight is 353 g/mol. The molecule has 1 aromatic heterocycles. The third-order valence-corrected chi connectivity index (χ3v) is 4.80. The van der Waals surface area contributed by atoms with Crippen LogP contribution < -0.4 is 16.2 Å². The molecule has 3 N–H and O–H groups in total. The zero-order chi connectivity index (χ0) is 16.9. The van der Waals surface area contributed by atoms with Gasteiger partial charge in [0.2, 0.25) is 0 Å². The summed E-state index contributed by atoms with van der Waals surface area (Å²) in [5.41, 5.74) is 4.78. The van der Waals surface area contributed by atoms with Crippen LogP contribution in [0.4, 0.5) is 0 Å². The van der Waals surface area contributed by atoms with Crippen LogP contribution in [0.3, 0.4) is 0 Å². The highest BCUT2D eigenvalue weighted by Crippen LogP contribution is 2.17. The number of hydrazine groups is 1. The lowest BCUT2D eigenvalue weighted by Crippen LogP contribution is -2.45. The fourth-order valence-corrected chi connectivity index (χ4v) is 3.03. The molecule has 0 aliphatic rings. The maximum absolute atomic E-state index is 12.2. The normalized spacial score (nSPS) is 10.8. The van der Waals surface area contributed by atoms with Crippen molar-refractivity contribution in [3.63, 3.8) is 0 Å². The summed E-state index contributed by atoms with van der Waals surface area (Å²) in [5, 5.41) is 2.86. The Balaban J connectivity index is 2.05. The van der Waals surface area contributed by atoms with E-state index in [4.69, 9.17) is 16.6 Å². The van der Waals surface area contributed by atoms with Crippen molar-refractivity contribution in [3.05, 3.63) is 54.0 Å². The molecule has 122 valence electrons. The Morgan fingerprint density at radius 2 is 1.83 bits per heavy atom. The highest BCUT2D eigenvalue weighted by Gasteiger charge is 2.19. The van der Waals surface area contributed by atoms with Crippen LogP contribution in [-0.2, 0) is 15.6 Å². The third kappa shape index (κ3) is 4.54. The highest BCUT2D eigenvalue weighted by atomic mass is 32.2. The number of hydrogen-bond acceptors (Lipinski definition) is 5. The number of amides is 1. The second-order valence-electron chi connectivity index (χ2n) is 4.50. The van der Waals surface area contributed by atoms with E-state index in [2.05, 4.69) is 16.2 Å². The molecule has 0 saturated carbocycles. The van der Waals surface area contributed by atoms with Gasteiger partial charge in [0.1, 0.15) is 11.5 Å². The Hall–Kier alpha value is -2.39. The molecule has 1 heterocycles. The second kappa shape index (κ2) is 7.25. The zero-order valence-corrected chi connectivity index (χ0v) is 13.8. The van der Waals surface area contributed by atoms with Gasteiger partial charge in [-0.15, -0.1) is 0 Å². The SMILES string of the molecule is CNC(=S)NNC(=O)c1ccc(CS(=O)(=O)c2ccccc2)o1. The van der Waals surface area contributed by atoms with E-state index in [1.807, 2.05) is 0 Å². The first-order chi connectivity index (χ1) is 10.9. The Kier molecular flexibility index (Phi) is 5.35. The lowest BCUT2D eigenvalue weighted by molar-refractivity contribution is 0.0914. The minimum Gasteiger partial charge on any atom is -0.455 e. The molecule has 0 spiro atoms. The number of nitrogens with one attached hydrogen (secondary N) is 3. The third-order valence-electron chi connectivity index (χ3n) is 2.84. The Bertz CT molecular complexity index is 800. The lowest BCUT2D eigenvalue weighted by atomic mass is 10.4. The molecule has 0 radical (unpaired) electrons. The van der Waals surface area contributed by atoms with Crippen molar-refractivity contribution in [1.82, 2.24) is 16.2 Å². The van der Waals surface area contributed by atoms with Gasteiger partial charge in [0.05, 0.1) is 4.90 Å². The van der Waals surface area contributed by atoms with Crippen LogP contribution in [0, 0.1) is 0 Å². The Morgan fingerprint density at radius 3 is 2.48 bits per heavy atom. The van der Waals surface area contributed by atoms with E-state index in [-0.39, 0.29) is 27.3 Å². The van der Waals surface area contributed by atoms with Crippen molar-refractivity contribution < 1.29 is 17.6 Å². The first kappa shape index (κ1) is 17.0. The van der Waals surface area contributed by atoms with Gasteiger partial charge in [-0.05, 0) is 36.5 Å². The quantitative estimate of drug-likeness (QED) is 0.557. The molecule has 1 aromatic carbocycles. The van der Waals surface area contributed by atoms with Gasteiger partial charge in [0.25, 0.3) is 0 Å². The Labute approximate surface area is 139 Å². The van der Waals surface area contributed by atoms with Crippen LogP contribution in [-0.4, -0.2) is 26.5 Å². The van der Waals surface area contributed by atoms with Crippen LogP contribution >= 0.6 is 12.2 Å². The van der Waals surface area contributed by atoms with Gasteiger partial charge >= 0.3 is 5.91 Å². The molecule has 0 aliphatic heterocycles. The van der Waals surface area contributed by atoms with Crippen LogP contribution in [0.2, 0.25) is 0 Å². The molecule has 0 unspecified atom stereocenters. The fraction of sp³-hybridized carbons (Fsp3) is 0.143. The predicted molar refractivity (Wildman–Crippen MR) is 88.3 cm³/mol. The molecular formula is C14H15N3O4S2. The number of sulfone groups is 1. The van der Waals surface area contributed by atoms with Crippen molar-refractivity contribution in [2.24, 2.45) is 0 Å². The predicted octanol–water partition coefficient (Wildman–Crippen LogP) is 0.992. The maximum Gasteiger partial charge on any atom is 0.305 e. The van der Waals surface area contributed by atoms with Crippen LogP contribution in [0.25, 0.3) is 0 Å². The summed E-state index contributed by atoms with van der Waals surface area (Å²) in [6.45, 7) is 0. The van der Waals surface area contributed by atoms with Crippen molar-refractivity contribution in [3.8, 4) is 0 Å². The minimum atomic E-state index is -3.53. The fourth-order valence-electron chi connectivity index (χ4n) is 1.71. The van der Waals surface area contributed by atoms with E-state index < -0.39 is 15.7 Å². The lowest BCUT2D eigenvalue weighted by Gasteiger charge is -2.07. The summed E-state index contributed by atoms with van der Waals surface area (Å²) in [6.07, 6.45) is 0. The van der Waals surface area contributed by atoms with E-state index in [0.717, 1.165) is 0 Å². The molecular weight excluding hydrogens is 338 g/mol. The molecule has 2 rings (SSSR count). The van der Waals surface area contributed by atoms with E-state index >= 15 is 0 Å². The monoisotopic (exact) mass is 353 g/mol. The van der Waals surface area contributed by atoms with Crippen LogP contribution in [0.1, 0.15) is 16.3 Å². The van der Waals surface area contributed by atoms with Gasteiger partial charge in [0.15, 0.2) is 20.7 Å². The molecule has 0 saturated heterocycles. The first-order valence-electron chi connectivity index (χ1n) is 6.57. The molecule has 23 heavy (non-hydrogen) atoms. The molecule has 0 bridgehead atoms. The molecule has 7 nitrogen and oxygen atoms in total. The molecule has 9 heteroatoms. The van der Waals surface area contributed by atoms with Crippen molar-refractivity contribution in [2.45, 2.75) is 10.6 Å². The summed E-state index contributed by atoms with van der Waals surface area (Å²) in [6, 6.07) is 10.9. The van der Waals surface area contributed by atoms with Gasteiger partial charge in [-0.2, -0.15) is 0 Å². The van der Waals surface area contributed by atoms with Crippen LogP contribution in [0.5, 0.6) is 0 Å². The van der Waals surface area contributed by atoms with E-state index in [1.54, 1.807) is 25.2 Å². The molecule has 0 atom stereocenters. The molecule has 1 amide bonds. The number of carbonyl (C=O) groups is 1. The largest absolute Gasteiger partial charge is 0.455 e. The minimum absolute atomic E-state index is 0.0188. The van der Waals surface area contributed by atoms with Gasteiger partial charge in [0, 0.05) is 7.05 Å². The molecule has 0 aliphatic carbocycles. The van der Waals surface area contributed by atoms with Crippen molar-refractivity contribution in [1.29, 1.82) is 0 Å². The summed E-state index contributed by atoms with van der Waals surface area (Å²) >= 11 is 4.81. The van der Waals surface area contributed by atoms with Crippen LogP contribution in [0.15, 0.2) is 51.8 Å². The maximum atomic E-state index is 12.2. The second-order valence-corrected chi connectivity index (χ2v) is 6.89. The first-order valence-corrected chi connectivity index (χ1v) is 8.63. The van der Waals surface area contributed by atoms with E-state index in [9.17, 15) is 13.2 Å². The number of rotatable bonds is 4. The number of thiocarbonyl (C=S) groups is 1. The highest BCUT2D eigenvalue weighted by molar-refractivity contribution is 7.90. The number of furan rings is 1. The average Bonchev–Trinajstić information content (AvgIpc) is 3.01. The number of hydrogen-bond donors (Lipinski definition) is 3. The van der Waals surface area contributed by atoms with Gasteiger partial charge in [-0.25, -0.2) is 8.42 Å². The summed E-state index contributed by atoms with van der Waals surface area (Å²) in [7, 11) is -1.93. The smallest absolute Gasteiger partial charge is 0.305 e. The summed E-state index contributed by atoms with van der Waals surface area (Å²) in [4.78, 5) is 12.0. The van der Waals surface area contributed by atoms with Gasteiger partial charge < -0.3 is 9.73 Å². The number of benzene rings is 1. The van der Waals surface area contributed by atoms with Gasteiger partial charge in [-0.1, -0.05) is 18.2 Å². The summed E-state index contributed by atoms with van der Waals surface area (Å²) < 4.78 is 29.7. The molecule has 2 aromatic rings. The van der Waals surface area contributed by atoms with Crippen molar-refractivity contribution >= 4 is 33.1 Å². The topological polar surface area (TPSA) is 100 Å².